The van der Waals surface area contributed by atoms with E-state index in [1.807, 2.05) is 41.3 Å². The van der Waals surface area contributed by atoms with Gasteiger partial charge in [0.25, 0.3) is 5.91 Å². The minimum absolute atomic E-state index is 0.0749. The molecule has 1 aromatic carbocycles. The number of fused-ring (bicyclic) bond motifs is 2. The molecule has 5 rings (SSSR count). The van der Waals surface area contributed by atoms with Crippen molar-refractivity contribution in [2.45, 2.75) is 25.3 Å². The van der Waals surface area contributed by atoms with E-state index in [0.29, 0.717) is 11.6 Å². The number of nitrogens with one attached hydrogen (secondary N) is 1. The number of furan rings is 1. The Hall–Kier alpha value is -2.37. The van der Waals surface area contributed by atoms with Crippen LogP contribution in [0.4, 0.5) is 5.69 Å². The molecule has 5 heteroatoms. The SMILES string of the molecule is O=C(Nc1ccc2occ(C3=CCN4CCCC4C3)c2c1)c1ccsc1. The Morgan fingerprint density at radius 3 is 3.15 bits per heavy atom. The smallest absolute Gasteiger partial charge is 0.256 e. The first-order valence-electron chi connectivity index (χ1n) is 9.06. The molecule has 1 atom stereocenters. The predicted molar refractivity (Wildman–Crippen MR) is 106 cm³/mol. The summed E-state index contributed by atoms with van der Waals surface area (Å²) in [5.74, 6) is -0.0749. The maximum Gasteiger partial charge on any atom is 0.256 e. The number of anilines is 1. The molecule has 132 valence electrons. The molecule has 2 aliphatic rings. The molecule has 1 N–H and O–H groups in total. The van der Waals surface area contributed by atoms with E-state index in [1.54, 1.807) is 0 Å². The van der Waals surface area contributed by atoms with Gasteiger partial charge in [-0.15, -0.1) is 0 Å². The summed E-state index contributed by atoms with van der Waals surface area (Å²) in [6.45, 7) is 2.25. The van der Waals surface area contributed by atoms with E-state index in [9.17, 15) is 4.79 Å². The highest BCUT2D eigenvalue weighted by Crippen LogP contribution is 2.36. The third-order valence-corrected chi connectivity index (χ3v) is 6.17. The maximum atomic E-state index is 12.3. The molecule has 0 saturated carbocycles. The topological polar surface area (TPSA) is 45.5 Å². The van der Waals surface area contributed by atoms with Gasteiger partial charge in [-0.1, -0.05) is 6.08 Å². The van der Waals surface area contributed by atoms with Crippen LogP contribution in [-0.2, 0) is 0 Å². The zero-order valence-corrected chi connectivity index (χ0v) is 15.2. The molecule has 26 heavy (non-hydrogen) atoms. The number of rotatable bonds is 3. The van der Waals surface area contributed by atoms with E-state index < -0.39 is 0 Å². The molecule has 1 unspecified atom stereocenters. The van der Waals surface area contributed by atoms with E-state index in [-0.39, 0.29) is 5.91 Å². The number of hydrogen-bond donors (Lipinski definition) is 1. The van der Waals surface area contributed by atoms with Crippen LogP contribution >= 0.6 is 11.3 Å². The average Bonchev–Trinajstić information content (AvgIpc) is 3.40. The van der Waals surface area contributed by atoms with Gasteiger partial charge in [-0.2, -0.15) is 11.3 Å². The zero-order valence-electron chi connectivity index (χ0n) is 14.4. The summed E-state index contributed by atoms with van der Waals surface area (Å²) in [4.78, 5) is 14.9. The van der Waals surface area contributed by atoms with Crippen LogP contribution in [0.25, 0.3) is 16.5 Å². The summed E-state index contributed by atoms with van der Waals surface area (Å²) in [5.41, 5.74) is 4.89. The van der Waals surface area contributed by atoms with Gasteiger partial charge >= 0.3 is 0 Å². The Labute approximate surface area is 156 Å². The molecule has 4 nitrogen and oxygen atoms in total. The Morgan fingerprint density at radius 1 is 1.31 bits per heavy atom. The first kappa shape index (κ1) is 15.9. The van der Waals surface area contributed by atoms with E-state index in [4.69, 9.17) is 4.42 Å². The first-order valence-corrected chi connectivity index (χ1v) is 10.0. The molecule has 0 spiro atoms. The molecule has 1 amide bonds. The Kier molecular flexibility index (Phi) is 3.91. The monoisotopic (exact) mass is 364 g/mol. The van der Waals surface area contributed by atoms with Crippen LogP contribution in [0.2, 0.25) is 0 Å². The number of thiophene rings is 1. The van der Waals surface area contributed by atoms with Crippen molar-refractivity contribution in [3.8, 4) is 0 Å². The normalized spacial score (nSPS) is 20.2. The lowest BCUT2D eigenvalue weighted by Crippen LogP contribution is -2.32. The van der Waals surface area contributed by atoms with Crippen molar-refractivity contribution in [1.82, 2.24) is 4.90 Å². The van der Waals surface area contributed by atoms with Gasteiger partial charge in [0.05, 0.1) is 11.8 Å². The van der Waals surface area contributed by atoms with E-state index in [1.165, 1.54) is 36.3 Å². The van der Waals surface area contributed by atoms with Crippen molar-refractivity contribution in [3.05, 3.63) is 58.5 Å². The molecular formula is C21H20N2O2S. The van der Waals surface area contributed by atoms with Gasteiger partial charge in [-0.3, -0.25) is 9.69 Å². The van der Waals surface area contributed by atoms with Crippen molar-refractivity contribution in [2.75, 3.05) is 18.4 Å². The van der Waals surface area contributed by atoms with E-state index in [2.05, 4.69) is 16.3 Å². The average molecular weight is 364 g/mol. The third kappa shape index (κ3) is 2.77. The van der Waals surface area contributed by atoms with Gasteiger partial charge in [0, 0.05) is 34.6 Å². The lowest BCUT2D eigenvalue weighted by molar-refractivity contribution is 0.102. The van der Waals surface area contributed by atoms with Gasteiger partial charge in [-0.25, -0.2) is 0 Å². The fraction of sp³-hybridized carbons (Fsp3) is 0.286. The second-order valence-electron chi connectivity index (χ2n) is 7.05. The fourth-order valence-electron chi connectivity index (χ4n) is 4.10. The predicted octanol–water partition coefficient (Wildman–Crippen LogP) is 5.00. The minimum Gasteiger partial charge on any atom is -0.464 e. The van der Waals surface area contributed by atoms with Crippen LogP contribution in [0.1, 0.15) is 35.2 Å². The van der Waals surface area contributed by atoms with Crippen LogP contribution in [0, 0.1) is 0 Å². The highest BCUT2D eigenvalue weighted by atomic mass is 32.1. The fourth-order valence-corrected chi connectivity index (χ4v) is 4.74. The number of carbonyl (C=O) groups is 1. The summed E-state index contributed by atoms with van der Waals surface area (Å²) in [7, 11) is 0. The highest BCUT2D eigenvalue weighted by Gasteiger charge is 2.28. The van der Waals surface area contributed by atoms with Crippen molar-refractivity contribution < 1.29 is 9.21 Å². The molecule has 0 radical (unpaired) electrons. The van der Waals surface area contributed by atoms with Crippen molar-refractivity contribution in [1.29, 1.82) is 0 Å². The van der Waals surface area contributed by atoms with Gasteiger partial charge in [0.2, 0.25) is 0 Å². The number of hydrogen-bond acceptors (Lipinski definition) is 4. The third-order valence-electron chi connectivity index (χ3n) is 5.49. The summed E-state index contributed by atoms with van der Waals surface area (Å²) in [5, 5.41) is 7.84. The number of carbonyl (C=O) groups excluding carboxylic acids is 1. The van der Waals surface area contributed by atoms with Crippen LogP contribution in [0.3, 0.4) is 0 Å². The summed E-state index contributed by atoms with van der Waals surface area (Å²) in [6, 6.07) is 8.37. The summed E-state index contributed by atoms with van der Waals surface area (Å²) < 4.78 is 5.78. The lowest BCUT2D eigenvalue weighted by Gasteiger charge is -2.28. The Bertz CT molecular complexity index is 987. The summed E-state index contributed by atoms with van der Waals surface area (Å²) in [6.07, 6.45) is 7.88. The molecular weight excluding hydrogens is 344 g/mol. The van der Waals surface area contributed by atoms with E-state index >= 15 is 0 Å². The van der Waals surface area contributed by atoms with Crippen molar-refractivity contribution in [3.63, 3.8) is 0 Å². The Morgan fingerprint density at radius 2 is 2.27 bits per heavy atom. The van der Waals surface area contributed by atoms with Gasteiger partial charge in [0.1, 0.15) is 5.58 Å². The second kappa shape index (κ2) is 6.41. The Balaban J connectivity index is 1.45. The summed E-state index contributed by atoms with van der Waals surface area (Å²) >= 11 is 1.52. The highest BCUT2D eigenvalue weighted by molar-refractivity contribution is 7.08. The first-order chi connectivity index (χ1) is 12.8. The van der Waals surface area contributed by atoms with Crippen LogP contribution < -0.4 is 5.32 Å². The van der Waals surface area contributed by atoms with Gasteiger partial charge in [-0.05, 0) is 61.0 Å². The number of benzene rings is 1. The number of nitrogens with zero attached hydrogens (tertiary/aromatic N) is 1. The van der Waals surface area contributed by atoms with Crippen molar-refractivity contribution in [2.24, 2.45) is 0 Å². The molecule has 0 aliphatic carbocycles. The largest absolute Gasteiger partial charge is 0.464 e. The molecule has 2 aromatic heterocycles. The standard InChI is InChI=1S/C21H20N2O2S/c24-21(15-6-9-26-13-15)22-16-3-4-20-18(11-16)19(12-25-20)14-5-8-23-7-1-2-17(23)10-14/h3-6,9,11-13,17H,1-2,7-8,10H2,(H,22,24). The van der Waals surface area contributed by atoms with Crippen molar-refractivity contribution >= 4 is 39.5 Å². The second-order valence-corrected chi connectivity index (χ2v) is 7.83. The molecule has 1 saturated heterocycles. The molecule has 4 heterocycles. The zero-order chi connectivity index (χ0) is 17.5. The molecule has 1 fully saturated rings. The van der Waals surface area contributed by atoms with Crippen LogP contribution in [0.15, 0.2) is 51.8 Å². The van der Waals surface area contributed by atoms with Crippen LogP contribution in [-0.4, -0.2) is 29.9 Å². The molecule has 3 aromatic rings. The van der Waals surface area contributed by atoms with Gasteiger partial charge < -0.3 is 9.73 Å². The van der Waals surface area contributed by atoms with E-state index in [0.717, 1.165) is 35.2 Å². The quantitative estimate of drug-likeness (QED) is 0.711. The van der Waals surface area contributed by atoms with Crippen LogP contribution in [0.5, 0.6) is 0 Å². The minimum atomic E-state index is -0.0749. The molecule has 2 aliphatic heterocycles. The lowest BCUT2D eigenvalue weighted by atomic mass is 9.94. The number of amides is 1. The maximum absolute atomic E-state index is 12.3. The van der Waals surface area contributed by atoms with Gasteiger partial charge in [0.15, 0.2) is 0 Å². The molecule has 0 bridgehead atoms.